The molecular formula is C22H36O3. The second kappa shape index (κ2) is 6.25. The summed E-state index contributed by atoms with van der Waals surface area (Å²) in [6.45, 7) is 4.47. The lowest BCUT2D eigenvalue weighted by molar-refractivity contribution is -0.150. The Labute approximate surface area is 152 Å². The topological polar surface area (TPSA) is 57.5 Å². The first kappa shape index (κ1) is 17.8. The van der Waals surface area contributed by atoms with Crippen molar-refractivity contribution in [2.45, 2.75) is 90.1 Å². The van der Waals surface area contributed by atoms with Crippen LogP contribution in [0.5, 0.6) is 0 Å². The van der Waals surface area contributed by atoms with E-state index < -0.39 is 11.6 Å². The normalized spacial score (nSPS) is 52.1. The Morgan fingerprint density at radius 3 is 2.48 bits per heavy atom. The minimum Gasteiger partial charge on any atom is -0.481 e. The number of carboxylic acids is 1. The summed E-state index contributed by atoms with van der Waals surface area (Å²) in [5, 5.41) is 20.6. The molecule has 0 radical (unpaired) electrons. The van der Waals surface area contributed by atoms with Crippen molar-refractivity contribution in [3.05, 3.63) is 0 Å². The summed E-state index contributed by atoms with van der Waals surface area (Å²) in [6, 6.07) is 0. The number of carbonyl (C=O) groups is 1. The van der Waals surface area contributed by atoms with Gasteiger partial charge in [-0.05, 0) is 99.2 Å². The summed E-state index contributed by atoms with van der Waals surface area (Å²) in [7, 11) is 0. The van der Waals surface area contributed by atoms with Crippen molar-refractivity contribution in [2.24, 2.45) is 40.9 Å². The van der Waals surface area contributed by atoms with Crippen LogP contribution < -0.4 is 0 Å². The van der Waals surface area contributed by atoms with Crippen molar-refractivity contribution >= 4 is 5.97 Å². The van der Waals surface area contributed by atoms with Gasteiger partial charge in [0.05, 0.1) is 11.5 Å². The van der Waals surface area contributed by atoms with Gasteiger partial charge in [0.1, 0.15) is 0 Å². The molecule has 0 aromatic carbocycles. The highest BCUT2D eigenvalue weighted by molar-refractivity contribution is 5.71. The standard InChI is InChI=1S/C22H36O3/c1-3-10-22(25)12-9-15-14(13-22)4-5-17-16(15)8-11-21(2)18(17)6-7-19(21)20(23)24/h14-19,25H,3-13H2,1-2H3,(H,23,24)/t14?,15-,16+,17+,18-,19+,21-,22+/m0/s1. The van der Waals surface area contributed by atoms with Gasteiger partial charge in [-0.25, -0.2) is 0 Å². The molecule has 0 aliphatic heterocycles. The van der Waals surface area contributed by atoms with Crippen LogP contribution in [-0.4, -0.2) is 21.8 Å². The molecule has 0 aromatic heterocycles. The van der Waals surface area contributed by atoms with E-state index in [1.54, 1.807) is 0 Å². The fourth-order valence-corrected chi connectivity index (χ4v) is 8.06. The molecule has 3 nitrogen and oxygen atoms in total. The van der Waals surface area contributed by atoms with Crippen molar-refractivity contribution in [3.8, 4) is 0 Å². The fourth-order valence-electron chi connectivity index (χ4n) is 8.06. The number of aliphatic carboxylic acids is 1. The van der Waals surface area contributed by atoms with E-state index in [0.717, 1.165) is 62.7 Å². The van der Waals surface area contributed by atoms with Crippen LogP contribution >= 0.6 is 0 Å². The van der Waals surface area contributed by atoms with Crippen molar-refractivity contribution in [1.29, 1.82) is 0 Å². The first-order valence-corrected chi connectivity index (χ1v) is 10.8. The molecule has 0 spiro atoms. The predicted molar refractivity (Wildman–Crippen MR) is 98.1 cm³/mol. The van der Waals surface area contributed by atoms with Gasteiger partial charge < -0.3 is 10.2 Å². The van der Waals surface area contributed by atoms with Crippen molar-refractivity contribution in [1.82, 2.24) is 0 Å². The molecule has 4 rings (SSSR count). The van der Waals surface area contributed by atoms with Crippen LogP contribution in [0.2, 0.25) is 0 Å². The molecule has 8 atom stereocenters. The van der Waals surface area contributed by atoms with Crippen LogP contribution in [0.4, 0.5) is 0 Å². The van der Waals surface area contributed by atoms with E-state index in [4.69, 9.17) is 0 Å². The average Bonchev–Trinajstić information content (AvgIpc) is 2.91. The highest BCUT2D eigenvalue weighted by atomic mass is 16.4. The van der Waals surface area contributed by atoms with Gasteiger partial charge in [0.15, 0.2) is 0 Å². The van der Waals surface area contributed by atoms with Gasteiger partial charge in [0.2, 0.25) is 0 Å². The highest BCUT2D eigenvalue weighted by Crippen LogP contribution is 2.64. The largest absolute Gasteiger partial charge is 0.481 e. The minimum absolute atomic E-state index is 0.0391. The van der Waals surface area contributed by atoms with Crippen LogP contribution in [0, 0.1) is 40.9 Å². The Balaban J connectivity index is 1.51. The summed E-state index contributed by atoms with van der Waals surface area (Å²) in [6.07, 6.45) is 12.2. The van der Waals surface area contributed by atoms with E-state index in [9.17, 15) is 15.0 Å². The van der Waals surface area contributed by atoms with E-state index >= 15 is 0 Å². The average molecular weight is 349 g/mol. The smallest absolute Gasteiger partial charge is 0.307 e. The Hall–Kier alpha value is -0.570. The first-order chi connectivity index (χ1) is 11.9. The Kier molecular flexibility index (Phi) is 4.46. The molecule has 4 saturated carbocycles. The number of rotatable bonds is 3. The number of hydrogen-bond acceptors (Lipinski definition) is 2. The molecule has 142 valence electrons. The second-order valence-electron chi connectivity index (χ2n) is 10.2. The van der Waals surface area contributed by atoms with Crippen molar-refractivity contribution in [3.63, 3.8) is 0 Å². The third kappa shape index (κ3) is 2.76. The van der Waals surface area contributed by atoms with Gasteiger partial charge in [-0.3, -0.25) is 4.79 Å². The van der Waals surface area contributed by atoms with Gasteiger partial charge in [-0.2, -0.15) is 0 Å². The fraction of sp³-hybridized carbons (Fsp3) is 0.955. The van der Waals surface area contributed by atoms with E-state index in [0.29, 0.717) is 11.8 Å². The van der Waals surface area contributed by atoms with Crippen LogP contribution in [0.3, 0.4) is 0 Å². The number of hydrogen-bond donors (Lipinski definition) is 2. The first-order valence-electron chi connectivity index (χ1n) is 10.8. The molecule has 0 heterocycles. The van der Waals surface area contributed by atoms with Gasteiger partial charge in [-0.15, -0.1) is 0 Å². The van der Waals surface area contributed by atoms with Crippen LogP contribution in [-0.2, 0) is 4.79 Å². The Morgan fingerprint density at radius 1 is 1.00 bits per heavy atom. The third-order valence-corrected chi connectivity index (χ3v) is 9.12. The van der Waals surface area contributed by atoms with Crippen molar-refractivity contribution in [2.75, 3.05) is 0 Å². The molecule has 0 saturated heterocycles. The quantitative estimate of drug-likeness (QED) is 0.765. The molecular weight excluding hydrogens is 312 g/mol. The van der Waals surface area contributed by atoms with E-state index in [2.05, 4.69) is 13.8 Å². The maximum atomic E-state index is 11.8. The molecule has 3 heteroatoms. The minimum atomic E-state index is -0.556. The molecule has 2 N–H and O–H groups in total. The lowest BCUT2D eigenvalue weighted by Crippen LogP contribution is -2.51. The van der Waals surface area contributed by atoms with E-state index in [-0.39, 0.29) is 11.3 Å². The van der Waals surface area contributed by atoms with Gasteiger partial charge in [0.25, 0.3) is 0 Å². The SMILES string of the molecule is CCC[C@@]1(O)CC[C@H]2C(CC[C@@H]3[C@@H]2CC[C@]2(C)[C@@H](C(=O)O)CC[C@@H]32)C1. The molecule has 0 aromatic rings. The maximum absolute atomic E-state index is 11.8. The molecule has 4 fully saturated rings. The summed E-state index contributed by atoms with van der Waals surface area (Å²) in [5.74, 6) is 3.02. The zero-order valence-corrected chi connectivity index (χ0v) is 16.0. The molecule has 25 heavy (non-hydrogen) atoms. The number of carboxylic acid groups (broad SMARTS) is 1. The molecule has 4 aliphatic carbocycles. The summed E-state index contributed by atoms with van der Waals surface area (Å²) in [5.41, 5.74) is -0.356. The van der Waals surface area contributed by atoms with Crippen LogP contribution in [0.1, 0.15) is 84.5 Å². The third-order valence-electron chi connectivity index (χ3n) is 9.12. The van der Waals surface area contributed by atoms with Gasteiger partial charge >= 0.3 is 5.97 Å². The highest BCUT2D eigenvalue weighted by Gasteiger charge is 2.59. The monoisotopic (exact) mass is 348 g/mol. The van der Waals surface area contributed by atoms with Gasteiger partial charge in [-0.1, -0.05) is 20.3 Å². The molecule has 1 unspecified atom stereocenters. The Bertz CT molecular complexity index is 531. The van der Waals surface area contributed by atoms with Crippen LogP contribution in [0.25, 0.3) is 0 Å². The van der Waals surface area contributed by atoms with E-state index in [1.165, 1.54) is 25.7 Å². The predicted octanol–water partition coefficient (Wildman–Crippen LogP) is 4.87. The van der Waals surface area contributed by atoms with Gasteiger partial charge in [0, 0.05) is 0 Å². The molecule has 0 bridgehead atoms. The van der Waals surface area contributed by atoms with Crippen molar-refractivity contribution < 1.29 is 15.0 Å². The lowest BCUT2D eigenvalue weighted by Gasteiger charge is -2.57. The zero-order chi connectivity index (χ0) is 17.8. The summed E-state index contributed by atoms with van der Waals surface area (Å²) >= 11 is 0. The van der Waals surface area contributed by atoms with E-state index in [1.807, 2.05) is 0 Å². The lowest BCUT2D eigenvalue weighted by atomic mass is 9.49. The van der Waals surface area contributed by atoms with Crippen LogP contribution in [0.15, 0.2) is 0 Å². The molecule has 4 aliphatic rings. The summed E-state index contributed by atoms with van der Waals surface area (Å²) in [4.78, 5) is 11.8. The summed E-state index contributed by atoms with van der Waals surface area (Å²) < 4.78 is 0. The molecule has 0 amide bonds. The Morgan fingerprint density at radius 2 is 1.76 bits per heavy atom. The second-order valence-corrected chi connectivity index (χ2v) is 10.2. The maximum Gasteiger partial charge on any atom is 0.307 e. The zero-order valence-electron chi connectivity index (χ0n) is 16.0. The number of aliphatic hydroxyl groups is 1. The number of fused-ring (bicyclic) bond motifs is 5.